The minimum atomic E-state index is -4.82. The number of alkyl halides is 6. The first-order valence-electron chi connectivity index (χ1n) is 9.39. The summed E-state index contributed by atoms with van der Waals surface area (Å²) in [6, 6.07) is 8.53. The Labute approximate surface area is 180 Å². The number of oxime groups is 1. The highest BCUT2D eigenvalue weighted by atomic mass is 32.2. The molecular formula is C20H18F6N2O3S. The molecule has 0 atom stereocenters. The van der Waals surface area contributed by atoms with E-state index < -0.39 is 38.4 Å². The van der Waals surface area contributed by atoms with Gasteiger partial charge in [0.05, 0.1) is 21.7 Å². The lowest BCUT2D eigenvalue weighted by atomic mass is 10.1. The molecule has 1 aliphatic rings. The predicted octanol–water partition coefficient (Wildman–Crippen LogP) is 5.08. The standard InChI is InChI=1S/C20H18F6N2O3S/c21-19(22,23)15-5-3-4-14(12-15)13-31-27-16-8-10-28(11-9-16)32(29,30)18-7-2-1-6-17(18)20(24,25)26/h1-7,12H,8-11,13H2. The van der Waals surface area contributed by atoms with Crippen LogP contribution in [0.4, 0.5) is 26.3 Å². The van der Waals surface area contributed by atoms with Crippen LogP contribution < -0.4 is 0 Å². The Hall–Kier alpha value is -2.60. The van der Waals surface area contributed by atoms with Gasteiger partial charge in [0.1, 0.15) is 6.61 Å². The van der Waals surface area contributed by atoms with E-state index in [2.05, 4.69) is 5.16 Å². The Balaban J connectivity index is 1.63. The van der Waals surface area contributed by atoms with E-state index >= 15 is 0 Å². The minimum absolute atomic E-state index is 0.0969. The van der Waals surface area contributed by atoms with Gasteiger partial charge in [0.15, 0.2) is 0 Å². The molecule has 1 saturated heterocycles. The van der Waals surface area contributed by atoms with Gasteiger partial charge in [-0.25, -0.2) is 8.42 Å². The van der Waals surface area contributed by atoms with E-state index in [0.29, 0.717) is 11.8 Å². The Morgan fingerprint density at radius 3 is 2.19 bits per heavy atom. The minimum Gasteiger partial charge on any atom is -0.391 e. The summed E-state index contributed by atoms with van der Waals surface area (Å²) in [6.07, 6.45) is -9.06. The summed E-state index contributed by atoms with van der Waals surface area (Å²) in [5, 5.41) is 3.85. The fourth-order valence-electron chi connectivity index (χ4n) is 3.18. The zero-order chi connectivity index (χ0) is 23.6. The number of hydrogen-bond donors (Lipinski definition) is 0. The molecule has 0 aliphatic carbocycles. The topological polar surface area (TPSA) is 59.0 Å². The highest BCUT2D eigenvalue weighted by molar-refractivity contribution is 7.89. The molecule has 0 spiro atoms. The second kappa shape index (κ2) is 9.10. The smallest absolute Gasteiger partial charge is 0.391 e. The number of halogens is 6. The lowest BCUT2D eigenvalue weighted by molar-refractivity contribution is -0.140. The van der Waals surface area contributed by atoms with Crippen molar-refractivity contribution in [3.8, 4) is 0 Å². The van der Waals surface area contributed by atoms with Crippen LogP contribution in [0.1, 0.15) is 29.5 Å². The first-order valence-corrected chi connectivity index (χ1v) is 10.8. The summed E-state index contributed by atoms with van der Waals surface area (Å²) >= 11 is 0. The Bertz CT molecular complexity index is 1090. The van der Waals surface area contributed by atoms with Crippen LogP contribution in [0.15, 0.2) is 58.6 Å². The fourth-order valence-corrected chi connectivity index (χ4v) is 4.83. The van der Waals surface area contributed by atoms with E-state index in [9.17, 15) is 34.8 Å². The Morgan fingerprint density at radius 2 is 1.56 bits per heavy atom. The van der Waals surface area contributed by atoms with Crippen molar-refractivity contribution in [2.45, 2.75) is 36.7 Å². The maximum atomic E-state index is 13.2. The summed E-state index contributed by atoms with van der Waals surface area (Å²) < 4.78 is 104. The molecule has 5 nitrogen and oxygen atoms in total. The molecule has 0 radical (unpaired) electrons. The molecule has 0 bridgehead atoms. The van der Waals surface area contributed by atoms with Crippen LogP contribution in [-0.4, -0.2) is 31.5 Å². The van der Waals surface area contributed by atoms with Crippen molar-refractivity contribution in [3.63, 3.8) is 0 Å². The van der Waals surface area contributed by atoms with E-state index in [1.807, 2.05) is 0 Å². The van der Waals surface area contributed by atoms with Crippen molar-refractivity contribution in [2.75, 3.05) is 13.1 Å². The molecule has 3 rings (SSSR count). The lowest BCUT2D eigenvalue weighted by Gasteiger charge is -2.27. The third kappa shape index (κ3) is 5.60. The highest BCUT2D eigenvalue weighted by Crippen LogP contribution is 2.35. The third-order valence-electron chi connectivity index (χ3n) is 4.79. The molecule has 1 heterocycles. The molecule has 1 aliphatic heterocycles. The Morgan fingerprint density at radius 1 is 0.906 bits per heavy atom. The second-order valence-corrected chi connectivity index (χ2v) is 8.93. The fraction of sp³-hybridized carbons (Fsp3) is 0.350. The molecule has 0 amide bonds. The first kappa shape index (κ1) is 24.1. The van der Waals surface area contributed by atoms with Gasteiger partial charge in [-0.2, -0.15) is 30.6 Å². The van der Waals surface area contributed by atoms with Crippen molar-refractivity contribution in [3.05, 3.63) is 65.2 Å². The van der Waals surface area contributed by atoms with Gasteiger partial charge in [-0.3, -0.25) is 0 Å². The van der Waals surface area contributed by atoms with E-state index in [-0.39, 0.29) is 38.1 Å². The number of sulfonamides is 1. The number of benzene rings is 2. The van der Waals surface area contributed by atoms with Gasteiger partial charge in [-0.1, -0.05) is 29.4 Å². The second-order valence-electron chi connectivity index (χ2n) is 7.03. The molecule has 0 unspecified atom stereocenters. The molecule has 174 valence electrons. The maximum absolute atomic E-state index is 13.2. The van der Waals surface area contributed by atoms with Gasteiger partial charge < -0.3 is 4.84 Å². The molecule has 32 heavy (non-hydrogen) atoms. The van der Waals surface area contributed by atoms with Crippen LogP contribution in [0.25, 0.3) is 0 Å². The third-order valence-corrected chi connectivity index (χ3v) is 6.75. The largest absolute Gasteiger partial charge is 0.417 e. The number of piperidine rings is 1. The number of rotatable bonds is 5. The van der Waals surface area contributed by atoms with E-state index in [1.165, 1.54) is 18.2 Å². The van der Waals surface area contributed by atoms with Gasteiger partial charge >= 0.3 is 12.4 Å². The summed E-state index contributed by atoms with van der Waals surface area (Å²) in [7, 11) is -4.37. The zero-order valence-corrected chi connectivity index (χ0v) is 17.3. The van der Waals surface area contributed by atoms with Gasteiger partial charge in [-0.05, 0) is 29.8 Å². The van der Waals surface area contributed by atoms with Crippen LogP contribution in [-0.2, 0) is 33.8 Å². The maximum Gasteiger partial charge on any atom is 0.417 e. The lowest BCUT2D eigenvalue weighted by Crippen LogP contribution is -2.39. The zero-order valence-electron chi connectivity index (χ0n) is 16.4. The highest BCUT2D eigenvalue weighted by Gasteiger charge is 2.39. The van der Waals surface area contributed by atoms with Crippen LogP contribution in [0.5, 0.6) is 0 Å². The molecular weight excluding hydrogens is 462 g/mol. The van der Waals surface area contributed by atoms with Gasteiger partial charge in [-0.15, -0.1) is 0 Å². The van der Waals surface area contributed by atoms with Crippen molar-refractivity contribution in [1.29, 1.82) is 0 Å². The SMILES string of the molecule is O=S(=O)(c1ccccc1C(F)(F)F)N1CCC(=NOCc2cccc(C(F)(F)F)c2)CC1. The average Bonchev–Trinajstić information content (AvgIpc) is 2.73. The van der Waals surface area contributed by atoms with E-state index in [1.54, 1.807) is 0 Å². The monoisotopic (exact) mass is 480 g/mol. The van der Waals surface area contributed by atoms with Crippen molar-refractivity contribution >= 4 is 15.7 Å². The summed E-state index contributed by atoms with van der Waals surface area (Å²) in [5.74, 6) is 0. The number of nitrogens with zero attached hydrogens (tertiary/aromatic N) is 2. The van der Waals surface area contributed by atoms with Crippen LogP contribution in [0.3, 0.4) is 0 Å². The molecule has 0 saturated carbocycles. The molecule has 0 aromatic heterocycles. The molecule has 2 aromatic rings. The first-order chi connectivity index (χ1) is 14.9. The number of hydrogen-bond acceptors (Lipinski definition) is 4. The van der Waals surface area contributed by atoms with Gasteiger partial charge in [0, 0.05) is 25.9 Å². The van der Waals surface area contributed by atoms with Crippen LogP contribution >= 0.6 is 0 Å². The Kier molecular flexibility index (Phi) is 6.84. The molecule has 12 heteroatoms. The summed E-state index contributed by atoms with van der Waals surface area (Å²) in [5.41, 5.74) is -1.33. The normalized spacial score (nSPS) is 16.1. The van der Waals surface area contributed by atoms with E-state index in [0.717, 1.165) is 28.6 Å². The van der Waals surface area contributed by atoms with Gasteiger partial charge in [0.2, 0.25) is 10.0 Å². The van der Waals surface area contributed by atoms with Crippen LogP contribution in [0.2, 0.25) is 0 Å². The van der Waals surface area contributed by atoms with Crippen molar-refractivity contribution in [2.24, 2.45) is 5.16 Å². The molecule has 0 N–H and O–H groups in total. The van der Waals surface area contributed by atoms with Crippen molar-refractivity contribution in [1.82, 2.24) is 4.31 Å². The van der Waals surface area contributed by atoms with E-state index in [4.69, 9.17) is 4.84 Å². The van der Waals surface area contributed by atoms with Crippen LogP contribution in [0, 0.1) is 0 Å². The molecule has 1 fully saturated rings. The summed E-state index contributed by atoms with van der Waals surface area (Å²) in [4.78, 5) is 4.29. The molecule has 2 aromatic carbocycles. The quantitative estimate of drug-likeness (QED) is 0.443. The predicted molar refractivity (Wildman–Crippen MR) is 103 cm³/mol. The average molecular weight is 480 g/mol. The summed E-state index contributed by atoms with van der Waals surface area (Å²) in [6.45, 7) is -0.408. The van der Waals surface area contributed by atoms with Gasteiger partial charge in [0.25, 0.3) is 0 Å². The van der Waals surface area contributed by atoms with Crippen molar-refractivity contribution < 1.29 is 39.6 Å².